The van der Waals surface area contributed by atoms with Crippen molar-refractivity contribution >= 4 is 16.6 Å². The Bertz CT molecular complexity index is 626. The second kappa shape index (κ2) is 4.44. The Kier molecular flexibility index (Phi) is 2.78. The quantitative estimate of drug-likeness (QED) is 0.878. The summed E-state index contributed by atoms with van der Waals surface area (Å²) in [5.41, 5.74) is 1.90. The van der Waals surface area contributed by atoms with Crippen molar-refractivity contribution in [1.29, 1.82) is 0 Å². The van der Waals surface area contributed by atoms with Gasteiger partial charge in [-0.25, -0.2) is 4.98 Å². The molecule has 1 aromatic carbocycles. The molecule has 0 saturated carbocycles. The zero-order valence-corrected chi connectivity index (χ0v) is 10.6. The Hall–Kier alpha value is -1.84. The van der Waals surface area contributed by atoms with Crippen LogP contribution in [0.15, 0.2) is 23.0 Å². The Morgan fingerprint density at radius 1 is 1.33 bits per heavy atom. The highest BCUT2D eigenvalue weighted by Crippen LogP contribution is 2.22. The fourth-order valence-electron chi connectivity index (χ4n) is 2.51. The molecule has 1 saturated heterocycles. The first-order chi connectivity index (χ1) is 8.78. The van der Waals surface area contributed by atoms with E-state index >= 15 is 0 Å². The number of aromatic nitrogens is 2. The number of aromatic amines is 1. The molecule has 1 fully saturated rings. The topological polar surface area (TPSA) is 49.0 Å². The van der Waals surface area contributed by atoms with Crippen LogP contribution in [0.4, 0.5) is 5.69 Å². The summed E-state index contributed by atoms with van der Waals surface area (Å²) < 4.78 is 0. The minimum Gasteiger partial charge on any atom is -0.372 e. The summed E-state index contributed by atoms with van der Waals surface area (Å²) in [5, 5.41) is 0.691. The van der Waals surface area contributed by atoms with E-state index in [4.69, 9.17) is 0 Å². The summed E-state index contributed by atoms with van der Waals surface area (Å²) in [6.45, 7) is 4.16. The second-order valence-corrected chi connectivity index (χ2v) is 4.76. The first-order valence-electron chi connectivity index (χ1n) is 6.56. The number of benzene rings is 1. The van der Waals surface area contributed by atoms with Crippen molar-refractivity contribution < 1.29 is 0 Å². The lowest BCUT2D eigenvalue weighted by atomic mass is 10.2. The van der Waals surface area contributed by atoms with Gasteiger partial charge in [0.1, 0.15) is 5.82 Å². The van der Waals surface area contributed by atoms with E-state index in [2.05, 4.69) is 20.9 Å². The average Bonchev–Trinajstić information content (AvgIpc) is 2.92. The lowest BCUT2D eigenvalue weighted by Crippen LogP contribution is -2.18. The molecule has 1 aliphatic heterocycles. The third-order valence-electron chi connectivity index (χ3n) is 3.54. The minimum atomic E-state index is -0.0297. The van der Waals surface area contributed by atoms with Crippen molar-refractivity contribution in [1.82, 2.24) is 9.97 Å². The number of fused-ring (bicyclic) bond motifs is 1. The summed E-state index contributed by atoms with van der Waals surface area (Å²) in [6.07, 6.45) is 3.22. The fourth-order valence-corrected chi connectivity index (χ4v) is 2.51. The van der Waals surface area contributed by atoms with Gasteiger partial charge in [-0.15, -0.1) is 0 Å². The highest BCUT2D eigenvalue weighted by Gasteiger charge is 2.13. The molecular formula is C14H17N3O. The molecule has 18 heavy (non-hydrogen) atoms. The number of nitrogens with zero attached hydrogens (tertiary/aromatic N) is 2. The van der Waals surface area contributed by atoms with Crippen molar-refractivity contribution in [3.8, 4) is 0 Å². The Labute approximate surface area is 106 Å². The molecule has 0 aliphatic carbocycles. The molecular weight excluding hydrogens is 226 g/mol. The molecule has 1 aromatic heterocycles. The Morgan fingerprint density at radius 3 is 2.83 bits per heavy atom. The first-order valence-corrected chi connectivity index (χ1v) is 6.56. The summed E-state index contributed by atoms with van der Waals surface area (Å²) in [5.74, 6) is 0.751. The third kappa shape index (κ3) is 1.88. The average molecular weight is 243 g/mol. The normalized spacial score (nSPS) is 15.5. The van der Waals surface area contributed by atoms with Crippen LogP contribution in [0.1, 0.15) is 25.6 Å². The van der Waals surface area contributed by atoms with Gasteiger partial charge in [-0.1, -0.05) is 6.92 Å². The summed E-state index contributed by atoms with van der Waals surface area (Å²) in [4.78, 5) is 21.6. The number of nitrogens with one attached hydrogen (secondary N) is 1. The summed E-state index contributed by atoms with van der Waals surface area (Å²) >= 11 is 0. The smallest absolute Gasteiger partial charge is 0.258 e. The van der Waals surface area contributed by atoms with Crippen LogP contribution in [0.5, 0.6) is 0 Å². The van der Waals surface area contributed by atoms with E-state index in [1.807, 2.05) is 19.1 Å². The maximum Gasteiger partial charge on any atom is 0.258 e. The van der Waals surface area contributed by atoms with E-state index in [-0.39, 0.29) is 5.56 Å². The van der Waals surface area contributed by atoms with Gasteiger partial charge in [0.15, 0.2) is 0 Å². The van der Waals surface area contributed by atoms with Gasteiger partial charge < -0.3 is 9.88 Å². The van der Waals surface area contributed by atoms with Crippen LogP contribution in [0.25, 0.3) is 10.9 Å². The van der Waals surface area contributed by atoms with Gasteiger partial charge in [-0.2, -0.15) is 0 Å². The summed E-state index contributed by atoms with van der Waals surface area (Å²) in [7, 11) is 0. The van der Waals surface area contributed by atoms with Crippen LogP contribution in [0.2, 0.25) is 0 Å². The zero-order valence-electron chi connectivity index (χ0n) is 10.6. The molecule has 2 heterocycles. The highest BCUT2D eigenvalue weighted by molar-refractivity contribution is 5.81. The molecule has 1 N–H and O–H groups in total. The largest absolute Gasteiger partial charge is 0.372 e. The van der Waals surface area contributed by atoms with E-state index in [1.165, 1.54) is 12.8 Å². The number of rotatable bonds is 2. The van der Waals surface area contributed by atoms with Gasteiger partial charge in [0.25, 0.3) is 5.56 Å². The second-order valence-electron chi connectivity index (χ2n) is 4.76. The molecule has 4 heteroatoms. The number of hydrogen-bond donors (Lipinski definition) is 1. The van der Waals surface area contributed by atoms with Gasteiger partial charge >= 0.3 is 0 Å². The van der Waals surface area contributed by atoms with Crippen molar-refractivity contribution in [2.24, 2.45) is 0 Å². The molecule has 0 spiro atoms. The lowest BCUT2D eigenvalue weighted by Gasteiger charge is -2.17. The number of anilines is 1. The maximum absolute atomic E-state index is 12.0. The van der Waals surface area contributed by atoms with Crippen LogP contribution < -0.4 is 10.5 Å². The van der Waals surface area contributed by atoms with Crippen molar-refractivity contribution in [3.05, 3.63) is 34.4 Å². The van der Waals surface area contributed by atoms with Crippen LogP contribution in [-0.4, -0.2) is 23.1 Å². The van der Waals surface area contributed by atoms with E-state index in [9.17, 15) is 4.79 Å². The van der Waals surface area contributed by atoms with Crippen LogP contribution in [-0.2, 0) is 6.42 Å². The number of aryl methyl sites for hydroxylation is 1. The number of H-pyrrole nitrogens is 1. The molecule has 3 rings (SSSR count). The molecule has 94 valence electrons. The minimum absolute atomic E-state index is 0.0297. The zero-order chi connectivity index (χ0) is 12.5. The van der Waals surface area contributed by atoms with Crippen molar-refractivity contribution in [3.63, 3.8) is 0 Å². The Morgan fingerprint density at radius 2 is 2.11 bits per heavy atom. The third-order valence-corrected chi connectivity index (χ3v) is 3.54. The van der Waals surface area contributed by atoms with Gasteiger partial charge in [0.05, 0.1) is 10.9 Å². The van der Waals surface area contributed by atoms with Crippen molar-refractivity contribution in [2.75, 3.05) is 18.0 Å². The lowest BCUT2D eigenvalue weighted by molar-refractivity contribution is 0.941. The number of hydrogen-bond acceptors (Lipinski definition) is 3. The van der Waals surface area contributed by atoms with Gasteiger partial charge in [0.2, 0.25) is 0 Å². The standard InChI is InChI=1S/C14H17N3O/c1-2-13-15-12-6-5-10(17-7-3-4-8-17)9-11(12)14(18)16-13/h5-6,9H,2-4,7-8H2,1H3,(H,15,16,18). The van der Waals surface area contributed by atoms with Crippen LogP contribution in [0.3, 0.4) is 0 Å². The Balaban J connectivity index is 2.11. The van der Waals surface area contributed by atoms with Gasteiger partial charge in [0, 0.05) is 25.2 Å². The van der Waals surface area contributed by atoms with Crippen LogP contribution >= 0.6 is 0 Å². The molecule has 4 nitrogen and oxygen atoms in total. The van der Waals surface area contributed by atoms with E-state index in [1.54, 1.807) is 0 Å². The summed E-state index contributed by atoms with van der Waals surface area (Å²) in [6, 6.07) is 5.99. The van der Waals surface area contributed by atoms with E-state index < -0.39 is 0 Å². The molecule has 0 unspecified atom stereocenters. The van der Waals surface area contributed by atoms with Gasteiger partial charge in [-0.3, -0.25) is 4.79 Å². The predicted molar refractivity (Wildman–Crippen MR) is 73.2 cm³/mol. The van der Waals surface area contributed by atoms with Gasteiger partial charge in [-0.05, 0) is 31.0 Å². The van der Waals surface area contributed by atoms with E-state index in [0.29, 0.717) is 5.39 Å². The predicted octanol–water partition coefficient (Wildman–Crippen LogP) is 2.09. The fraction of sp³-hybridized carbons (Fsp3) is 0.429. The molecule has 0 amide bonds. The highest BCUT2D eigenvalue weighted by atomic mass is 16.1. The van der Waals surface area contributed by atoms with Crippen LogP contribution in [0, 0.1) is 0 Å². The molecule has 0 atom stereocenters. The van der Waals surface area contributed by atoms with Crippen molar-refractivity contribution in [2.45, 2.75) is 26.2 Å². The molecule has 2 aromatic rings. The molecule has 1 aliphatic rings. The first kappa shape index (κ1) is 11.3. The SMILES string of the molecule is CCc1nc2ccc(N3CCCC3)cc2c(=O)[nH]1. The molecule has 0 radical (unpaired) electrons. The maximum atomic E-state index is 12.0. The monoisotopic (exact) mass is 243 g/mol. The van der Waals surface area contributed by atoms with E-state index in [0.717, 1.165) is 36.5 Å². The molecule has 0 bridgehead atoms.